The van der Waals surface area contributed by atoms with Crippen molar-refractivity contribution < 1.29 is 14.6 Å². The maximum absolute atomic E-state index is 10.8. The lowest BCUT2D eigenvalue weighted by molar-refractivity contribution is -0.0284. The molecule has 7 heteroatoms. The third-order valence-electron chi connectivity index (χ3n) is 2.31. The van der Waals surface area contributed by atoms with Gasteiger partial charge in [0.1, 0.15) is 6.33 Å². The van der Waals surface area contributed by atoms with Crippen molar-refractivity contribution in [1.29, 1.82) is 0 Å². The lowest BCUT2D eigenvalue weighted by Gasteiger charge is -2.11. The van der Waals surface area contributed by atoms with E-state index in [1.165, 1.54) is 11.0 Å². The Morgan fingerprint density at radius 3 is 3.07 bits per heavy atom. The van der Waals surface area contributed by atoms with Gasteiger partial charge in [-0.15, -0.1) is 5.10 Å². The minimum Gasteiger partial charge on any atom is -0.394 e. The van der Waals surface area contributed by atoms with Gasteiger partial charge in [0, 0.05) is 0 Å². The molecule has 82 valence electrons. The highest BCUT2D eigenvalue weighted by atomic mass is 16.5. The molecule has 3 N–H and O–H groups in total. The molecule has 1 saturated heterocycles. The molecule has 1 aromatic rings. The van der Waals surface area contributed by atoms with E-state index in [4.69, 9.17) is 15.6 Å². The molecule has 0 radical (unpaired) electrons. The van der Waals surface area contributed by atoms with E-state index in [0.717, 1.165) is 12.8 Å². The molecule has 1 fully saturated rings. The van der Waals surface area contributed by atoms with Crippen LogP contribution in [0.2, 0.25) is 0 Å². The number of carbonyl (C=O) groups excluding carboxylic acids is 1. The summed E-state index contributed by atoms with van der Waals surface area (Å²) in [7, 11) is 0. The Kier molecular flexibility index (Phi) is 2.65. The monoisotopic (exact) mass is 212 g/mol. The number of rotatable bonds is 3. The van der Waals surface area contributed by atoms with Crippen molar-refractivity contribution in [3.8, 4) is 0 Å². The molecule has 2 heterocycles. The molecule has 0 aromatic carbocycles. The molecular weight excluding hydrogens is 200 g/mol. The minimum absolute atomic E-state index is 0.00608. The lowest BCUT2D eigenvalue weighted by Crippen LogP contribution is -2.16. The molecule has 1 amide bonds. The largest absolute Gasteiger partial charge is 0.394 e. The molecule has 1 aromatic heterocycles. The molecule has 15 heavy (non-hydrogen) atoms. The van der Waals surface area contributed by atoms with Crippen LogP contribution in [0, 0.1) is 0 Å². The van der Waals surface area contributed by atoms with Gasteiger partial charge in [-0.1, -0.05) is 0 Å². The van der Waals surface area contributed by atoms with Crippen molar-refractivity contribution in [3.05, 3.63) is 12.2 Å². The van der Waals surface area contributed by atoms with Gasteiger partial charge < -0.3 is 15.6 Å². The predicted molar refractivity (Wildman–Crippen MR) is 48.8 cm³/mol. The summed E-state index contributed by atoms with van der Waals surface area (Å²) in [6.45, 7) is -0.00608. The SMILES string of the molecule is NC(=O)c1ncn([C@H]2CC[C@@H](CO)O2)n1. The van der Waals surface area contributed by atoms with Gasteiger partial charge in [0.2, 0.25) is 5.82 Å². The Labute approximate surface area is 85.9 Å². The van der Waals surface area contributed by atoms with Crippen molar-refractivity contribution in [2.75, 3.05) is 6.61 Å². The van der Waals surface area contributed by atoms with Crippen molar-refractivity contribution >= 4 is 5.91 Å². The number of hydrogen-bond acceptors (Lipinski definition) is 5. The highest BCUT2D eigenvalue weighted by molar-refractivity contribution is 5.88. The summed E-state index contributed by atoms with van der Waals surface area (Å²) in [5.74, 6) is -0.684. The van der Waals surface area contributed by atoms with Gasteiger partial charge in [-0.3, -0.25) is 4.79 Å². The van der Waals surface area contributed by atoms with Crippen LogP contribution >= 0.6 is 0 Å². The number of primary amides is 1. The average molecular weight is 212 g/mol. The first-order valence-corrected chi connectivity index (χ1v) is 4.68. The fraction of sp³-hybridized carbons (Fsp3) is 0.625. The van der Waals surface area contributed by atoms with Gasteiger partial charge >= 0.3 is 0 Å². The molecular formula is C8H12N4O3. The van der Waals surface area contributed by atoms with Crippen LogP contribution in [-0.4, -0.2) is 38.5 Å². The third-order valence-corrected chi connectivity index (χ3v) is 2.31. The number of aliphatic hydroxyl groups is 1. The van der Waals surface area contributed by atoms with Gasteiger partial charge in [0.15, 0.2) is 6.23 Å². The highest BCUT2D eigenvalue weighted by Gasteiger charge is 2.27. The number of nitrogens with two attached hydrogens (primary N) is 1. The molecule has 2 atom stereocenters. The van der Waals surface area contributed by atoms with E-state index in [0.29, 0.717) is 0 Å². The fourth-order valence-corrected chi connectivity index (χ4v) is 1.54. The smallest absolute Gasteiger partial charge is 0.288 e. The van der Waals surface area contributed by atoms with Gasteiger partial charge in [-0.2, -0.15) is 0 Å². The van der Waals surface area contributed by atoms with Crippen LogP contribution in [0.15, 0.2) is 6.33 Å². The maximum Gasteiger partial charge on any atom is 0.288 e. The first kappa shape index (κ1) is 10.1. The first-order valence-electron chi connectivity index (χ1n) is 4.68. The average Bonchev–Trinajstić information content (AvgIpc) is 2.86. The van der Waals surface area contributed by atoms with Crippen LogP contribution in [0.5, 0.6) is 0 Å². The van der Waals surface area contributed by atoms with Crippen LogP contribution in [0.1, 0.15) is 29.7 Å². The van der Waals surface area contributed by atoms with E-state index in [2.05, 4.69) is 10.1 Å². The van der Waals surface area contributed by atoms with Gasteiger partial charge in [-0.25, -0.2) is 9.67 Å². The molecule has 2 rings (SSSR count). The molecule has 0 aliphatic carbocycles. The van der Waals surface area contributed by atoms with Crippen molar-refractivity contribution in [1.82, 2.24) is 14.8 Å². The Balaban J connectivity index is 2.07. The number of aromatic nitrogens is 3. The highest BCUT2D eigenvalue weighted by Crippen LogP contribution is 2.26. The number of amides is 1. The second-order valence-electron chi connectivity index (χ2n) is 3.39. The summed E-state index contributed by atoms with van der Waals surface area (Å²) in [5.41, 5.74) is 5.02. The molecule has 0 saturated carbocycles. The van der Waals surface area contributed by atoms with Crippen molar-refractivity contribution in [2.45, 2.75) is 25.2 Å². The van der Waals surface area contributed by atoms with Crippen molar-refractivity contribution in [2.24, 2.45) is 5.73 Å². The fourth-order valence-electron chi connectivity index (χ4n) is 1.54. The summed E-state index contributed by atoms with van der Waals surface area (Å²) in [6.07, 6.45) is 2.50. The van der Waals surface area contributed by atoms with Crippen LogP contribution in [0.4, 0.5) is 0 Å². The molecule has 1 aliphatic heterocycles. The zero-order valence-corrected chi connectivity index (χ0v) is 8.04. The number of nitrogens with zero attached hydrogens (tertiary/aromatic N) is 3. The molecule has 1 aliphatic rings. The number of hydrogen-bond donors (Lipinski definition) is 2. The zero-order valence-electron chi connectivity index (χ0n) is 8.04. The molecule has 0 unspecified atom stereocenters. The van der Waals surface area contributed by atoms with Gasteiger partial charge in [0.05, 0.1) is 12.7 Å². The standard InChI is InChI=1S/C8H12N4O3/c9-7(14)8-10-4-12(11-8)6-2-1-5(3-13)15-6/h4-6,13H,1-3H2,(H2,9,14)/t5-,6+/m0/s1. The van der Waals surface area contributed by atoms with E-state index in [9.17, 15) is 4.79 Å². The van der Waals surface area contributed by atoms with Gasteiger partial charge in [-0.05, 0) is 12.8 Å². The molecule has 0 spiro atoms. The topological polar surface area (TPSA) is 103 Å². The van der Waals surface area contributed by atoms with Gasteiger partial charge in [0.25, 0.3) is 5.91 Å². The summed E-state index contributed by atoms with van der Waals surface area (Å²) in [6, 6.07) is 0. The van der Waals surface area contributed by atoms with E-state index < -0.39 is 5.91 Å². The van der Waals surface area contributed by atoms with E-state index in [1.54, 1.807) is 0 Å². The third kappa shape index (κ3) is 1.97. The Morgan fingerprint density at radius 2 is 2.53 bits per heavy atom. The van der Waals surface area contributed by atoms with Crippen LogP contribution in [0.3, 0.4) is 0 Å². The first-order chi connectivity index (χ1) is 7.20. The second-order valence-corrected chi connectivity index (χ2v) is 3.39. The quantitative estimate of drug-likeness (QED) is 0.672. The Morgan fingerprint density at radius 1 is 1.73 bits per heavy atom. The van der Waals surface area contributed by atoms with E-state index in [1.807, 2.05) is 0 Å². The predicted octanol–water partition coefficient (Wildman–Crippen LogP) is -0.953. The van der Waals surface area contributed by atoms with E-state index >= 15 is 0 Å². The minimum atomic E-state index is -0.662. The maximum atomic E-state index is 10.8. The summed E-state index contributed by atoms with van der Waals surface area (Å²) >= 11 is 0. The normalized spacial score (nSPS) is 25.7. The number of ether oxygens (including phenoxy) is 1. The van der Waals surface area contributed by atoms with Crippen LogP contribution in [-0.2, 0) is 4.74 Å². The second kappa shape index (κ2) is 3.95. The zero-order chi connectivity index (χ0) is 10.8. The molecule has 7 nitrogen and oxygen atoms in total. The number of aliphatic hydroxyl groups excluding tert-OH is 1. The lowest BCUT2D eigenvalue weighted by atomic mass is 10.2. The Bertz CT molecular complexity index is 365. The molecule has 0 bridgehead atoms. The summed E-state index contributed by atoms with van der Waals surface area (Å²) in [5, 5.41) is 12.8. The number of carbonyl (C=O) groups is 1. The Hall–Kier alpha value is -1.47. The van der Waals surface area contributed by atoms with Crippen LogP contribution in [0.25, 0.3) is 0 Å². The summed E-state index contributed by atoms with van der Waals surface area (Å²) in [4.78, 5) is 14.5. The van der Waals surface area contributed by atoms with Crippen LogP contribution < -0.4 is 5.73 Å². The van der Waals surface area contributed by atoms with Crippen molar-refractivity contribution in [3.63, 3.8) is 0 Å². The van der Waals surface area contributed by atoms with E-state index in [-0.39, 0.29) is 24.8 Å². The summed E-state index contributed by atoms with van der Waals surface area (Å²) < 4.78 is 6.90.